The molecule has 3 amide bonds. The van der Waals surface area contributed by atoms with E-state index in [1.165, 1.54) is 23.6 Å². The van der Waals surface area contributed by atoms with Gasteiger partial charge >= 0.3 is 0 Å². The summed E-state index contributed by atoms with van der Waals surface area (Å²) in [7, 11) is 0. The third-order valence-corrected chi connectivity index (χ3v) is 4.77. The van der Waals surface area contributed by atoms with Gasteiger partial charge in [0.15, 0.2) is 5.16 Å². The fraction of sp³-hybridized carbons (Fsp3) is 0.389. The molecule has 0 saturated heterocycles. The maximum atomic E-state index is 12.4. The molecule has 0 atom stereocenters. The van der Waals surface area contributed by atoms with Crippen molar-refractivity contribution in [1.82, 2.24) is 19.7 Å². The van der Waals surface area contributed by atoms with Crippen molar-refractivity contribution in [3.8, 4) is 0 Å². The average molecular weight is 404 g/mol. The second-order valence-corrected chi connectivity index (χ2v) is 6.85. The van der Waals surface area contributed by atoms with Crippen molar-refractivity contribution < 1.29 is 14.4 Å². The van der Waals surface area contributed by atoms with E-state index < -0.39 is 0 Å². The van der Waals surface area contributed by atoms with Crippen molar-refractivity contribution in [3.05, 3.63) is 30.6 Å². The molecule has 9 nitrogen and oxygen atoms in total. The first-order chi connectivity index (χ1) is 13.4. The lowest BCUT2D eigenvalue weighted by atomic mass is 10.2. The van der Waals surface area contributed by atoms with Crippen molar-refractivity contribution in [2.24, 2.45) is 0 Å². The van der Waals surface area contributed by atoms with E-state index in [0.717, 1.165) is 6.54 Å². The summed E-state index contributed by atoms with van der Waals surface area (Å²) in [4.78, 5) is 37.2. The maximum absolute atomic E-state index is 12.4. The average Bonchev–Trinajstić information content (AvgIpc) is 3.13. The molecule has 0 spiro atoms. The van der Waals surface area contributed by atoms with Gasteiger partial charge in [-0.05, 0) is 38.1 Å². The minimum atomic E-state index is -0.288. The summed E-state index contributed by atoms with van der Waals surface area (Å²) in [6, 6.07) is 6.77. The Morgan fingerprint density at radius 2 is 1.75 bits per heavy atom. The molecule has 1 heterocycles. The van der Waals surface area contributed by atoms with Crippen LogP contribution in [-0.4, -0.2) is 56.2 Å². The van der Waals surface area contributed by atoms with Gasteiger partial charge in [0.25, 0.3) is 0 Å². The number of thioether (sulfide) groups is 1. The van der Waals surface area contributed by atoms with Gasteiger partial charge in [-0.25, -0.2) is 0 Å². The summed E-state index contributed by atoms with van der Waals surface area (Å²) in [6.45, 7) is 6.34. The zero-order chi connectivity index (χ0) is 20.5. The Hall–Kier alpha value is -2.88. The van der Waals surface area contributed by atoms with Crippen LogP contribution in [0, 0.1) is 0 Å². The molecule has 150 valence electrons. The van der Waals surface area contributed by atoms with Gasteiger partial charge in [-0.15, -0.1) is 10.2 Å². The minimum absolute atomic E-state index is 0.0379. The molecule has 0 aliphatic heterocycles. The van der Waals surface area contributed by atoms with Crippen molar-refractivity contribution in [1.29, 1.82) is 0 Å². The molecule has 1 aromatic carbocycles. The zero-order valence-electron chi connectivity index (χ0n) is 16.1. The van der Waals surface area contributed by atoms with Crippen LogP contribution in [0.25, 0.3) is 0 Å². The number of rotatable bonds is 9. The standard InChI is InChI=1S/C18H24N6O3S/c1-4-23(17(27)11-28-18-22-19-12-24(18)5-2)10-16(26)21-15-8-6-14(7-9-15)20-13(3)25/h6-9,12H,4-5,10-11H2,1-3H3,(H,20,25)(H,21,26). The highest BCUT2D eigenvalue weighted by molar-refractivity contribution is 7.99. The van der Waals surface area contributed by atoms with E-state index in [4.69, 9.17) is 0 Å². The zero-order valence-corrected chi connectivity index (χ0v) is 17.0. The van der Waals surface area contributed by atoms with E-state index >= 15 is 0 Å². The molecule has 0 fully saturated rings. The Morgan fingerprint density at radius 1 is 1.11 bits per heavy atom. The first-order valence-electron chi connectivity index (χ1n) is 8.88. The maximum Gasteiger partial charge on any atom is 0.243 e. The number of benzene rings is 1. The normalized spacial score (nSPS) is 10.4. The molecule has 0 saturated carbocycles. The van der Waals surface area contributed by atoms with E-state index in [9.17, 15) is 14.4 Å². The molecule has 10 heteroatoms. The molecule has 2 N–H and O–H groups in total. The smallest absolute Gasteiger partial charge is 0.243 e. The lowest BCUT2D eigenvalue weighted by Gasteiger charge is -2.20. The minimum Gasteiger partial charge on any atom is -0.333 e. The van der Waals surface area contributed by atoms with Gasteiger partial charge in [0.2, 0.25) is 17.7 Å². The van der Waals surface area contributed by atoms with Crippen LogP contribution in [0.15, 0.2) is 35.7 Å². The van der Waals surface area contributed by atoms with Crippen molar-refractivity contribution >= 4 is 40.9 Å². The van der Waals surface area contributed by atoms with Crippen LogP contribution in [-0.2, 0) is 20.9 Å². The number of anilines is 2. The molecular weight excluding hydrogens is 380 g/mol. The number of carbonyl (C=O) groups is 3. The Balaban J connectivity index is 1.86. The van der Waals surface area contributed by atoms with Crippen LogP contribution in [0.4, 0.5) is 11.4 Å². The van der Waals surface area contributed by atoms with Gasteiger partial charge < -0.3 is 20.1 Å². The molecule has 2 aromatic rings. The summed E-state index contributed by atoms with van der Waals surface area (Å²) >= 11 is 1.30. The summed E-state index contributed by atoms with van der Waals surface area (Å²) in [5.74, 6) is -0.409. The number of aromatic nitrogens is 3. The van der Waals surface area contributed by atoms with E-state index in [1.807, 2.05) is 18.4 Å². The molecule has 0 aliphatic rings. The van der Waals surface area contributed by atoms with Crippen LogP contribution in [0.1, 0.15) is 20.8 Å². The molecule has 0 bridgehead atoms. The summed E-state index contributed by atoms with van der Waals surface area (Å²) in [6.07, 6.45) is 1.62. The third-order valence-electron chi connectivity index (χ3n) is 3.80. The topological polar surface area (TPSA) is 109 Å². The summed E-state index contributed by atoms with van der Waals surface area (Å²) in [5.41, 5.74) is 1.24. The van der Waals surface area contributed by atoms with Crippen LogP contribution < -0.4 is 10.6 Å². The van der Waals surface area contributed by atoms with Gasteiger partial charge in [0.1, 0.15) is 6.33 Å². The second-order valence-electron chi connectivity index (χ2n) is 5.90. The number of amides is 3. The lowest BCUT2D eigenvalue weighted by Crippen LogP contribution is -2.38. The monoisotopic (exact) mass is 404 g/mol. The Morgan fingerprint density at radius 3 is 2.32 bits per heavy atom. The second kappa shape index (κ2) is 10.5. The van der Waals surface area contributed by atoms with Crippen molar-refractivity contribution in [2.45, 2.75) is 32.5 Å². The largest absolute Gasteiger partial charge is 0.333 e. The van der Waals surface area contributed by atoms with Crippen LogP contribution in [0.5, 0.6) is 0 Å². The number of aryl methyl sites for hydroxylation is 1. The molecule has 0 aliphatic carbocycles. The Bertz CT molecular complexity index is 821. The summed E-state index contributed by atoms with van der Waals surface area (Å²) < 4.78 is 1.85. The van der Waals surface area contributed by atoms with Gasteiger partial charge in [-0.2, -0.15) is 0 Å². The van der Waals surface area contributed by atoms with E-state index in [2.05, 4.69) is 20.8 Å². The van der Waals surface area contributed by atoms with Gasteiger partial charge in [0, 0.05) is 31.4 Å². The molecule has 0 unspecified atom stereocenters. The highest BCUT2D eigenvalue weighted by Crippen LogP contribution is 2.16. The van der Waals surface area contributed by atoms with Gasteiger partial charge in [-0.3, -0.25) is 14.4 Å². The quantitative estimate of drug-likeness (QED) is 0.617. The predicted molar refractivity (Wildman–Crippen MR) is 108 cm³/mol. The van der Waals surface area contributed by atoms with Crippen molar-refractivity contribution in [2.75, 3.05) is 29.5 Å². The Labute approximate surface area is 167 Å². The first-order valence-corrected chi connectivity index (χ1v) is 9.87. The van der Waals surface area contributed by atoms with E-state index in [1.54, 1.807) is 30.6 Å². The SMILES string of the molecule is CCN(CC(=O)Nc1ccc(NC(C)=O)cc1)C(=O)CSc1nncn1CC. The number of nitrogens with one attached hydrogen (secondary N) is 2. The van der Waals surface area contributed by atoms with Crippen LogP contribution >= 0.6 is 11.8 Å². The first kappa shape index (κ1) is 21.4. The molecule has 1 aromatic heterocycles. The number of hydrogen-bond donors (Lipinski definition) is 2. The fourth-order valence-electron chi connectivity index (χ4n) is 2.38. The fourth-order valence-corrected chi connectivity index (χ4v) is 3.26. The molecule has 0 radical (unpaired) electrons. The number of likely N-dealkylation sites (N-methyl/N-ethyl adjacent to an activating group) is 1. The predicted octanol–water partition coefficient (Wildman–Crippen LogP) is 1.84. The number of nitrogens with zero attached hydrogens (tertiary/aromatic N) is 4. The van der Waals surface area contributed by atoms with Crippen molar-refractivity contribution in [3.63, 3.8) is 0 Å². The molecule has 28 heavy (non-hydrogen) atoms. The number of carbonyl (C=O) groups excluding carboxylic acids is 3. The van der Waals surface area contributed by atoms with Gasteiger partial charge in [0.05, 0.1) is 12.3 Å². The lowest BCUT2D eigenvalue weighted by molar-refractivity contribution is -0.132. The molecule has 2 rings (SSSR count). The molecular formula is C18H24N6O3S. The van der Waals surface area contributed by atoms with Crippen LogP contribution in [0.3, 0.4) is 0 Å². The highest BCUT2D eigenvalue weighted by Gasteiger charge is 2.17. The van der Waals surface area contributed by atoms with E-state index in [-0.39, 0.29) is 30.0 Å². The highest BCUT2D eigenvalue weighted by atomic mass is 32.2. The summed E-state index contributed by atoms with van der Waals surface area (Å²) in [5, 5.41) is 13.9. The third kappa shape index (κ3) is 6.38. The van der Waals surface area contributed by atoms with Crippen LogP contribution in [0.2, 0.25) is 0 Å². The Kier molecular flexibility index (Phi) is 8.00. The van der Waals surface area contributed by atoms with E-state index in [0.29, 0.717) is 23.1 Å². The van der Waals surface area contributed by atoms with Gasteiger partial charge in [-0.1, -0.05) is 11.8 Å². The number of hydrogen-bond acceptors (Lipinski definition) is 6.